The van der Waals surface area contributed by atoms with Crippen molar-refractivity contribution in [1.82, 2.24) is 4.90 Å². The molecule has 0 saturated heterocycles. The lowest BCUT2D eigenvalue weighted by Crippen LogP contribution is -2.35. The molecule has 0 spiro atoms. The Morgan fingerprint density at radius 1 is 1.23 bits per heavy atom. The van der Waals surface area contributed by atoms with Crippen molar-refractivity contribution in [3.63, 3.8) is 0 Å². The van der Waals surface area contributed by atoms with Crippen LogP contribution in [0.5, 0.6) is 0 Å². The standard InChI is InChI=1S/C17H20N2O2S/c1-4-13-7-5-6-8-14(13)18-15(20)11-19(3)17(21)16-12(2)9-10-22-16/h5-10H,4,11H2,1-3H3,(H,18,20). The topological polar surface area (TPSA) is 49.4 Å². The number of likely N-dealkylation sites (N-methyl/N-ethyl adjacent to an activating group) is 1. The number of benzene rings is 1. The van der Waals surface area contributed by atoms with Crippen LogP contribution in [-0.4, -0.2) is 30.3 Å². The second kappa shape index (κ2) is 7.22. The number of anilines is 1. The third-order valence-corrected chi connectivity index (χ3v) is 4.46. The average Bonchev–Trinajstić information content (AvgIpc) is 2.93. The molecule has 2 rings (SSSR count). The second-order valence-electron chi connectivity index (χ2n) is 5.15. The third-order valence-electron chi connectivity index (χ3n) is 3.46. The number of nitrogens with one attached hydrogen (secondary N) is 1. The largest absolute Gasteiger partial charge is 0.332 e. The van der Waals surface area contributed by atoms with Gasteiger partial charge in [0.05, 0.1) is 11.4 Å². The number of amides is 2. The lowest BCUT2D eigenvalue weighted by atomic mass is 10.1. The first-order valence-electron chi connectivity index (χ1n) is 7.20. The van der Waals surface area contributed by atoms with Crippen LogP contribution in [0.15, 0.2) is 35.7 Å². The number of carbonyl (C=O) groups is 2. The molecule has 22 heavy (non-hydrogen) atoms. The Bertz CT molecular complexity index is 679. The van der Waals surface area contributed by atoms with Gasteiger partial charge in [0.25, 0.3) is 5.91 Å². The fourth-order valence-electron chi connectivity index (χ4n) is 2.19. The van der Waals surface area contributed by atoms with E-state index in [1.165, 1.54) is 16.2 Å². The van der Waals surface area contributed by atoms with Crippen molar-refractivity contribution in [3.8, 4) is 0 Å². The number of hydrogen-bond acceptors (Lipinski definition) is 3. The number of nitrogens with zero attached hydrogens (tertiary/aromatic N) is 1. The van der Waals surface area contributed by atoms with E-state index in [0.717, 1.165) is 23.2 Å². The monoisotopic (exact) mass is 316 g/mol. The summed E-state index contributed by atoms with van der Waals surface area (Å²) in [5.41, 5.74) is 2.83. The number of hydrogen-bond donors (Lipinski definition) is 1. The molecule has 1 N–H and O–H groups in total. The van der Waals surface area contributed by atoms with Gasteiger partial charge in [0, 0.05) is 12.7 Å². The number of aryl methyl sites for hydroxylation is 2. The van der Waals surface area contributed by atoms with Gasteiger partial charge in [-0.15, -0.1) is 11.3 Å². The van der Waals surface area contributed by atoms with Gasteiger partial charge in [-0.25, -0.2) is 0 Å². The van der Waals surface area contributed by atoms with Gasteiger partial charge in [-0.3, -0.25) is 9.59 Å². The summed E-state index contributed by atoms with van der Waals surface area (Å²) in [5, 5.41) is 4.76. The van der Waals surface area contributed by atoms with Gasteiger partial charge in [-0.05, 0) is 42.0 Å². The predicted octanol–water partition coefficient (Wildman–Crippen LogP) is 3.33. The van der Waals surface area contributed by atoms with Gasteiger partial charge in [0.15, 0.2) is 0 Å². The van der Waals surface area contributed by atoms with E-state index < -0.39 is 0 Å². The van der Waals surface area contributed by atoms with E-state index in [-0.39, 0.29) is 18.4 Å². The van der Waals surface area contributed by atoms with Crippen LogP contribution in [-0.2, 0) is 11.2 Å². The van der Waals surface area contributed by atoms with Gasteiger partial charge in [-0.2, -0.15) is 0 Å². The molecule has 0 radical (unpaired) electrons. The Labute approximate surface area is 134 Å². The maximum absolute atomic E-state index is 12.3. The summed E-state index contributed by atoms with van der Waals surface area (Å²) in [6, 6.07) is 9.60. The van der Waals surface area contributed by atoms with Gasteiger partial charge in [0.2, 0.25) is 5.91 Å². The van der Waals surface area contributed by atoms with Crippen LogP contribution < -0.4 is 5.32 Å². The van der Waals surface area contributed by atoms with Crippen LogP contribution in [0.1, 0.15) is 27.7 Å². The molecule has 0 fully saturated rings. The van der Waals surface area contributed by atoms with Crippen molar-refractivity contribution in [2.75, 3.05) is 18.9 Å². The van der Waals surface area contributed by atoms with Crippen LogP contribution >= 0.6 is 11.3 Å². The second-order valence-corrected chi connectivity index (χ2v) is 6.07. The van der Waals surface area contributed by atoms with Crippen LogP contribution in [0.2, 0.25) is 0 Å². The van der Waals surface area contributed by atoms with E-state index >= 15 is 0 Å². The molecular formula is C17H20N2O2S. The van der Waals surface area contributed by atoms with E-state index in [2.05, 4.69) is 5.32 Å². The molecule has 4 nitrogen and oxygen atoms in total. The van der Waals surface area contributed by atoms with Crippen LogP contribution in [0.3, 0.4) is 0 Å². The lowest BCUT2D eigenvalue weighted by molar-refractivity contribution is -0.116. The molecule has 2 amide bonds. The lowest BCUT2D eigenvalue weighted by Gasteiger charge is -2.17. The fraction of sp³-hybridized carbons (Fsp3) is 0.294. The van der Waals surface area contributed by atoms with Crippen molar-refractivity contribution in [2.45, 2.75) is 20.3 Å². The highest BCUT2D eigenvalue weighted by Gasteiger charge is 2.18. The number of rotatable bonds is 5. The minimum atomic E-state index is -0.189. The molecule has 1 heterocycles. The normalized spacial score (nSPS) is 10.3. The summed E-state index contributed by atoms with van der Waals surface area (Å²) in [4.78, 5) is 26.6. The molecule has 0 aliphatic heterocycles. The van der Waals surface area contributed by atoms with Crippen molar-refractivity contribution < 1.29 is 9.59 Å². The molecule has 2 aromatic rings. The number of para-hydroxylation sites is 1. The minimum absolute atomic E-state index is 0.0359. The Hall–Kier alpha value is -2.14. The Kier molecular flexibility index (Phi) is 5.33. The first kappa shape index (κ1) is 16.2. The van der Waals surface area contributed by atoms with Crippen molar-refractivity contribution in [2.24, 2.45) is 0 Å². The van der Waals surface area contributed by atoms with Crippen molar-refractivity contribution in [3.05, 3.63) is 51.7 Å². The summed E-state index contributed by atoms with van der Waals surface area (Å²) in [5.74, 6) is -0.308. The van der Waals surface area contributed by atoms with Crippen LogP contribution in [0, 0.1) is 6.92 Å². The van der Waals surface area contributed by atoms with Gasteiger partial charge >= 0.3 is 0 Å². The highest BCUT2D eigenvalue weighted by atomic mass is 32.1. The highest BCUT2D eigenvalue weighted by molar-refractivity contribution is 7.12. The van der Waals surface area contributed by atoms with E-state index in [0.29, 0.717) is 4.88 Å². The predicted molar refractivity (Wildman–Crippen MR) is 90.5 cm³/mol. The highest BCUT2D eigenvalue weighted by Crippen LogP contribution is 2.18. The molecule has 1 aromatic carbocycles. The molecule has 1 aromatic heterocycles. The van der Waals surface area contributed by atoms with E-state index in [1.54, 1.807) is 7.05 Å². The molecule has 0 bridgehead atoms. The van der Waals surface area contributed by atoms with Gasteiger partial charge in [0.1, 0.15) is 0 Å². The summed E-state index contributed by atoms with van der Waals surface area (Å²) < 4.78 is 0. The molecule has 0 aliphatic carbocycles. The van der Waals surface area contributed by atoms with E-state index in [1.807, 2.05) is 49.6 Å². The Morgan fingerprint density at radius 3 is 2.59 bits per heavy atom. The third kappa shape index (κ3) is 3.74. The quantitative estimate of drug-likeness (QED) is 0.920. The Balaban J connectivity index is 2.00. The van der Waals surface area contributed by atoms with Gasteiger partial charge in [-0.1, -0.05) is 25.1 Å². The summed E-state index contributed by atoms with van der Waals surface area (Å²) >= 11 is 1.40. The maximum atomic E-state index is 12.3. The first-order valence-corrected chi connectivity index (χ1v) is 8.08. The smallest absolute Gasteiger partial charge is 0.264 e. The maximum Gasteiger partial charge on any atom is 0.264 e. The average molecular weight is 316 g/mol. The van der Waals surface area contributed by atoms with Crippen molar-refractivity contribution >= 4 is 28.8 Å². The summed E-state index contributed by atoms with van der Waals surface area (Å²) in [7, 11) is 1.65. The SMILES string of the molecule is CCc1ccccc1NC(=O)CN(C)C(=O)c1sccc1C. The molecule has 0 aliphatic rings. The number of thiophene rings is 1. The summed E-state index contributed by atoms with van der Waals surface area (Å²) in [6.45, 7) is 3.98. The number of carbonyl (C=O) groups excluding carboxylic acids is 2. The molecule has 116 valence electrons. The van der Waals surface area contributed by atoms with Crippen LogP contribution in [0.25, 0.3) is 0 Å². The fourth-order valence-corrected chi connectivity index (χ4v) is 3.11. The van der Waals surface area contributed by atoms with Crippen molar-refractivity contribution in [1.29, 1.82) is 0 Å². The molecule has 0 unspecified atom stereocenters. The zero-order valence-electron chi connectivity index (χ0n) is 13.1. The van der Waals surface area contributed by atoms with E-state index in [4.69, 9.17) is 0 Å². The molecule has 0 saturated carbocycles. The zero-order valence-corrected chi connectivity index (χ0v) is 13.9. The molecular weight excluding hydrogens is 296 g/mol. The zero-order chi connectivity index (χ0) is 16.1. The van der Waals surface area contributed by atoms with E-state index in [9.17, 15) is 9.59 Å². The van der Waals surface area contributed by atoms with Gasteiger partial charge < -0.3 is 10.2 Å². The van der Waals surface area contributed by atoms with Crippen LogP contribution in [0.4, 0.5) is 5.69 Å². The summed E-state index contributed by atoms with van der Waals surface area (Å²) in [6.07, 6.45) is 0.847. The minimum Gasteiger partial charge on any atom is -0.332 e. The molecule has 0 atom stereocenters. The molecule has 5 heteroatoms. The first-order chi connectivity index (χ1) is 10.5. The Morgan fingerprint density at radius 2 is 1.95 bits per heavy atom.